The highest BCUT2D eigenvalue weighted by Gasteiger charge is 2.27. The molecule has 0 saturated carbocycles. The van der Waals surface area contributed by atoms with Crippen LogP contribution in [0.3, 0.4) is 0 Å². The monoisotopic (exact) mass is 343 g/mol. The molecule has 0 spiro atoms. The summed E-state index contributed by atoms with van der Waals surface area (Å²) in [5.74, 6) is 1.17. The lowest BCUT2D eigenvalue weighted by molar-refractivity contribution is 0.0976. The van der Waals surface area contributed by atoms with Crippen molar-refractivity contribution in [3.05, 3.63) is 47.6 Å². The van der Waals surface area contributed by atoms with Crippen molar-refractivity contribution >= 4 is 6.03 Å². The maximum absolute atomic E-state index is 12.4. The molecule has 1 saturated heterocycles. The molecule has 25 heavy (non-hydrogen) atoms. The van der Waals surface area contributed by atoms with Gasteiger partial charge in [0, 0.05) is 45.2 Å². The Hall–Kier alpha value is -2.41. The molecule has 2 amide bonds. The van der Waals surface area contributed by atoms with Crippen molar-refractivity contribution in [2.75, 3.05) is 26.2 Å². The van der Waals surface area contributed by atoms with Crippen molar-refractivity contribution in [1.82, 2.24) is 25.3 Å². The fourth-order valence-electron chi connectivity index (χ4n) is 3.14. The number of carbonyl (C=O) groups excluding carboxylic acids is 1. The SMILES string of the molecule is Cc1noc(CCNC(=O)N2CCN(Cc3ccccc3)C[C@@H]2C)n1. The molecule has 1 aliphatic rings. The van der Waals surface area contributed by atoms with Gasteiger partial charge < -0.3 is 14.7 Å². The van der Waals surface area contributed by atoms with Crippen LogP contribution in [0.5, 0.6) is 0 Å². The number of amides is 2. The van der Waals surface area contributed by atoms with E-state index in [0.29, 0.717) is 24.7 Å². The largest absolute Gasteiger partial charge is 0.339 e. The molecule has 1 fully saturated rings. The van der Waals surface area contributed by atoms with Gasteiger partial charge in [0.2, 0.25) is 5.89 Å². The van der Waals surface area contributed by atoms with E-state index in [1.54, 1.807) is 6.92 Å². The molecule has 0 aliphatic carbocycles. The molecule has 1 atom stereocenters. The fraction of sp³-hybridized carbons (Fsp3) is 0.500. The van der Waals surface area contributed by atoms with E-state index in [1.165, 1.54) is 5.56 Å². The molecule has 3 rings (SSSR count). The number of nitrogens with zero attached hydrogens (tertiary/aromatic N) is 4. The lowest BCUT2D eigenvalue weighted by atomic mass is 10.1. The minimum Gasteiger partial charge on any atom is -0.339 e. The van der Waals surface area contributed by atoms with Crippen LogP contribution in [0.1, 0.15) is 24.2 Å². The molecule has 1 aromatic carbocycles. The summed E-state index contributed by atoms with van der Waals surface area (Å²) in [6.45, 7) is 7.80. The Morgan fingerprint density at radius 3 is 2.80 bits per heavy atom. The first-order valence-corrected chi connectivity index (χ1v) is 8.72. The topological polar surface area (TPSA) is 74.5 Å². The quantitative estimate of drug-likeness (QED) is 0.897. The smallest absolute Gasteiger partial charge is 0.317 e. The highest BCUT2D eigenvalue weighted by atomic mass is 16.5. The Balaban J connectivity index is 1.43. The summed E-state index contributed by atoms with van der Waals surface area (Å²) in [4.78, 5) is 20.8. The Morgan fingerprint density at radius 1 is 1.32 bits per heavy atom. The number of hydrogen-bond donors (Lipinski definition) is 1. The molecule has 1 aliphatic heterocycles. The van der Waals surface area contributed by atoms with Crippen LogP contribution in [0.2, 0.25) is 0 Å². The number of hydrogen-bond acceptors (Lipinski definition) is 5. The molecular weight excluding hydrogens is 318 g/mol. The summed E-state index contributed by atoms with van der Waals surface area (Å²) in [5.41, 5.74) is 1.31. The van der Waals surface area contributed by atoms with Gasteiger partial charge in [0.1, 0.15) is 0 Å². The Labute approximate surface area is 148 Å². The van der Waals surface area contributed by atoms with Gasteiger partial charge in [-0.1, -0.05) is 35.5 Å². The number of aromatic nitrogens is 2. The van der Waals surface area contributed by atoms with Crippen molar-refractivity contribution in [1.29, 1.82) is 0 Å². The normalized spacial score (nSPS) is 18.3. The number of piperazine rings is 1. The van der Waals surface area contributed by atoms with Crippen LogP contribution in [0.15, 0.2) is 34.9 Å². The molecule has 0 unspecified atom stereocenters. The number of rotatable bonds is 5. The van der Waals surface area contributed by atoms with Crippen molar-refractivity contribution in [3.8, 4) is 0 Å². The van der Waals surface area contributed by atoms with Gasteiger partial charge in [-0.25, -0.2) is 4.79 Å². The van der Waals surface area contributed by atoms with Crippen molar-refractivity contribution in [2.24, 2.45) is 0 Å². The van der Waals surface area contributed by atoms with E-state index in [1.807, 2.05) is 11.0 Å². The number of carbonyl (C=O) groups is 1. The highest BCUT2D eigenvalue weighted by molar-refractivity contribution is 5.74. The molecule has 0 radical (unpaired) electrons. The van der Waals surface area contributed by atoms with Crippen LogP contribution < -0.4 is 5.32 Å². The molecule has 2 aromatic rings. The molecule has 7 nitrogen and oxygen atoms in total. The Kier molecular flexibility index (Phi) is 5.65. The Morgan fingerprint density at radius 2 is 2.12 bits per heavy atom. The minimum absolute atomic E-state index is 0.0249. The van der Waals surface area contributed by atoms with Crippen molar-refractivity contribution < 1.29 is 9.32 Å². The molecule has 1 N–H and O–H groups in total. The van der Waals surface area contributed by atoms with Gasteiger partial charge in [0.25, 0.3) is 0 Å². The van der Waals surface area contributed by atoms with Gasteiger partial charge >= 0.3 is 6.03 Å². The van der Waals surface area contributed by atoms with Crippen LogP contribution in [0.4, 0.5) is 4.79 Å². The van der Waals surface area contributed by atoms with Crippen LogP contribution in [0.25, 0.3) is 0 Å². The van der Waals surface area contributed by atoms with Crippen molar-refractivity contribution in [2.45, 2.75) is 32.9 Å². The molecule has 1 aromatic heterocycles. The minimum atomic E-state index is -0.0249. The van der Waals surface area contributed by atoms with E-state index >= 15 is 0 Å². The first-order chi connectivity index (χ1) is 12.1. The number of benzene rings is 1. The van der Waals surface area contributed by atoms with Crippen LogP contribution >= 0.6 is 0 Å². The highest BCUT2D eigenvalue weighted by Crippen LogP contribution is 2.13. The third-order valence-corrected chi connectivity index (χ3v) is 4.41. The fourth-order valence-corrected chi connectivity index (χ4v) is 3.14. The summed E-state index contributed by atoms with van der Waals surface area (Å²) < 4.78 is 5.05. The summed E-state index contributed by atoms with van der Waals surface area (Å²) >= 11 is 0. The van der Waals surface area contributed by atoms with Gasteiger partial charge in [-0.05, 0) is 19.4 Å². The number of aryl methyl sites for hydroxylation is 1. The summed E-state index contributed by atoms with van der Waals surface area (Å²) in [6, 6.07) is 10.6. The maximum atomic E-state index is 12.4. The average molecular weight is 343 g/mol. The second-order valence-electron chi connectivity index (χ2n) is 6.48. The van der Waals surface area contributed by atoms with Gasteiger partial charge in [-0.2, -0.15) is 4.98 Å². The van der Waals surface area contributed by atoms with Gasteiger partial charge in [0.05, 0.1) is 0 Å². The summed E-state index contributed by atoms with van der Waals surface area (Å²) in [6.07, 6.45) is 0.551. The third kappa shape index (κ3) is 4.79. The maximum Gasteiger partial charge on any atom is 0.317 e. The van der Waals surface area contributed by atoms with Crippen LogP contribution in [-0.2, 0) is 13.0 Å². The van der Waals surface area contributed by atoms with Crippen molar-refractivity contribution in [3.63, 3.8) is 0 Å². The standard InChI is InChI=1S/C18H25N5O2/c1-14-12-22(13-16-6-4-3-5-7-16)10-11-23(14)18(24)19-9-8-17-20-15(2)21-25-17/h3-7,14H,8-13H2,1-2H3,(H,19,24)/t14-/m0/s1. The van der Waals surface area contributed by atoms with Gasteiger partial charge in [-0.15, -0.1) is 0 Å². The summed E-state index contributed by atoms with van der Waals surface area (Å²) in [5, 5.41) is 6.69. The predicted molar refractivity (Wildman–Crippen MR) is 94.0 cm³/mol. The van der Waals surface area contributed by atoms with Crippen LogP contribution in [0, 0.1) is 6.92 Å². The summed E-state index contributed by atoms with van der Waals surface area (Å²) in [7, 11) is 0. The molecular formula is C18H25N5O2. The van der Waals surface area contributed by atoms with Gasteiger partial charge in [-0.3, -0.25) is 4.90 Å². The second-order valence-corrected chi connectivity index (χ2v) is 6.48. The zero-order valence-corrected chi connectivity index (χ0v) is 14.8. The molecule has 7 heteroatoms. The molecule has 134 valence electrons. The average Bonchev–Trinajstić information content (AvgIpc) is 3.01. The molecule has 0 bridgehead atoms. The van der Waals surface area contributed by atoms with Crippen LogP contribution in [-0.4, -0.2) is 58.2 Å². The first-order valence-electron chi connectivity index (χ1n) is 8.72. The zero-order valence-electron chi connectivity index (χ0n) is 14.8. The predicted octanol–water partition coefficient (Wildman–Crippen LogP) is 1.84. The van der Waals surface area contributed by atoms with E-state index in [9.17, 15) is 4.79 Å². The van der Waals surface area contributed by atoms with Gasteiger partial charge in [0.15, 0.2) is 5.82 Å². The van der Waals surface area contributed by atoms with E-state index in [2.05, 4.69) is 51.5 Å². The number of nitrogens with one attached hydrogen (secondary N) is 1. The van der Waals surface area contributed by atoms with E-state index in [0.717, 1.165) is 26.2 Å². The second kappa shape index (κ2) is 8.11. The zero-order chi connectivity index (χ0) is 17.6. The first kappa shape index (κ1) is 17.4. The van der Waals surface area contributed by atoms with E-state index < -0.39 is 0 Å². The number of urea groups is 1. The Bertz CT molecular complexity index is 688. The third-order valence-electron chi connectivity index (χ3n) is 4.41. The molecule has 2 heterocycles. The lowest BCUT2D eigenvalue weighted by Crippen LogP contribution is -2.56. The van der Waals surface area contributed by atoms with E-state index in [4.69, 9.17) is 4.52 Å². The lowest BCUT2D eigenvalue weighted by Gasteiger charge is -2.39. The van der Waals surface area contributed by atoms with E-state index in [-0.39, 0.29) is 12.1 Å².